The Bertz CT molecular complexity index is 290. The van der Waals surface area contributed by atoms with Gasteiger partial charge in [0.15, 0.2) is 0 Å². The number of nitrogens with two attached hydrogens (primary N) is 1. The van der Waals surface area contributed by atoms with Crippen molar-refractivity contribution in [3.63, 3.8) is 0 Å². The predicted molar refractivity (Wildman–Crippen MR) is 71.1 cm³/mol. The van der Waals surface area contributed by atoms with Crippen molar-refractivity contribution in [2.24, 2.45) is 23.0 Å². The first kappa shape index (κ1) is 13.8. The summed E-state index contributed by atoms with van der Waals surface area (Å²) in [6.07, 6.45) is 6.79. The summed E-state index contributed by atoms with van der Waals surface area (Å²) < 4.78 is 5.13. The van der Waals surface area contributed by atoms with Crippen LogP contribution in [0.3, 0.4) is 0 Å². The van der Waals surface area contributed by atoms with Gasteiger partial charge in [0.25, 0.3) is 0 Å². The number of hydrogen-bond donors (Lipinski definition) is 2. The standard InChI is InChI=1S/C14H26N2O2/c1-18-8-7-14(5-6-14)10-16-13(17)12-4-2-3-11(12)9-15/h11-12H,2-10,15H2,1H3,(H,16,17). The third-order valence-corrected chi connectivity index (χ3v) is 4.73. The van der Waals surface area contributed by atoms with Crippen LogP contribution in [-0.2, 0) is 9.53 Å². The summed E-state index contributed by atoms with van der Waals surface area (Å²) in [6, 6.07) is 0. The third kappa shape index (κ3) is 3.23. The first-order valence-corrected chi connectivity index (χ1v) is 7.17. The Kier molecular flexibility index (Phi) is 4.62. The van der Waals surface area contributed by atoms with Gasteiger partial charge < -0.3 is 15.8 Å². The average molecular weight is 254 g/mol. The van der Waals surface area contributed by atoms with E-state index in [2.05, 4.69) is 5.32 Å². The molecule has 2 unspecified atom stereocenters. The first-order valence-electron chi connectivity index (χ1n) is 7.17. The molecular formula is C14H26N2O2. The zero-order valence-electron chi connectivity index (χ0n) is 11.4. The summed E-state index contributed by atoms with van der Waals surface area (Å²) in [5.74, 6) is 0.791. The molecule has 4 nitrogen and oxygen atoms in total. The van der Waals surface area contributed by atoms with Crippen LogP contribution >= 0.6 is 0 Å². The number of rotatable bonds is 7. The first-order chi connectivity index (χ1) is 8.71. The Hall–Kier alpha value is -0.610. The van der Waals surface area contributed by atoms with Crippen molar-refractivity contribution >= 4 is 5.91 Å². The van der Waals surface area contributed by atoms with Crippen LogP contribution in [0.1, 0.15) is 38.5 Å². The quantitative estimate of drug-likeness (QED) is 0.719. The predicted octanol–water partition coefficient (Wildman–Crippen LogP) is 1.29. The largest absolute Gasteiger partial charge is 0.385 e. The molecule has 0 aliphatic heterocycles. The van der Waals surface area contributed by atoms with E-state index in [1.807, 2.05) is 0 Å². The number of methoxy groups -OCH3 is 1. The number of nitrogens with one attached hydrogen (secondary N) is 1. The summed E-state index contributed by atoms with van der Waals surface area (Å²) in [7, 11) is 1.74. The maximum Gasteiger partial charge on any atom is 0.223 e. The summed E-state index contributed by atoms with van der Waals surface area (Å²) >= 11 is 0. The van der Waals surface area contributed by atoms with Crippen molar-refractivity contribution in [1.29, 1.82) is 0 Å². The Labute approximate surface area is 110 Å². The second kappa shape index (κ2) is 6.02. The molecule has 0 aromatic heterocycles. The van der Waals surface area contributed by atoms with Crippen molar-refractivity contribution < 1.29 is 9.53 Å². The smallest absolute Gasteiger partial charge is 0.223 e. The molecule has 104 valence electrons. The lowest BCUT2D eigenvalue weighted by Gasteiger charge is -2.20. The lowest BCUT2D eigenvalue weighted by atomic mass is 9.94. The minimum atomic E-state index is 0.160. The van der Waals surface area contributed by atoms with E-state index >= 15 is 0 Å². The summed E-state index contributed by atoms with van der Waals surface area (Å²) in [4.78, 5) is 12.2. The topological polar surface area (TPSA) is 64.3 Å². The SMILES string of the molecule is COCCC1(CNC(=O)C2CCCC2CN)CC1. The van der Waals surface area contributed by atoms with Gasteiger partial charge in [0, 0.05) is 26.2 Å². The molecule has 18 heavy (non-hydrogen) atoms. The zero-order valence-corrected chi connectivity index (χ0v) is 11.4. The highest BCUT2D eigenvalue weighted by atomic mass is 16.5. The molecular weight excluding hydrogens is 228 g/mol. The minimum absolute atomic E-state index is 0.160. The number of amides is 1. The molecule has 0 aromatic carbocycles. The monoisotopic (exact) mass is 254 g/mol. The highest BCUT2D eigenvalue weighted by Gasteiger charge is 2.43. The molecule has 0 heterocycles. The molecule has 4 heteroatoms. The summed E-state index contributed by atoms with van der Waals surface area (Å²) in [5.41, 5.74) is 6.06. The van der Waals surface area contributed by atoms with E-state index < -0.39 is 0 Å². The molecule has 2 fully saturated rings. The number of ether oxygens (including phenoxy) is 1. The van der Waals surface area contributed by atoms with Gasteiger partial charge in [-0.05, 0) is 50.0 Å². The maximum atomic E-state index is 12.2. The van der Waals surface area contributed by atoms with Crippen LogP contribution in [-0.4, -0.2) is 32.7 Å². The number of hydrogen-bond acceptors (Lipinski definition) is 3. The molecule has 0 bridgehead atoms. The van der Waals surface area contributed by atoms with Crippen molar-refractivity contribution in [3.8, 4) is 0 Å². The van der Waals surface area contributed by atoms with E-state index in [1.165, 1.54) is 12.8 Å². The van der Waals surface area contributed by atoms with E-state index in [0.717, 1.165) is 38.8 Å². The highest BCUT2D eigenvalue weighted by molar-refractivity contribution is 5.79. The van der Waals surface area contributed by atoms with Crippen LogP contribution in [0.5, 0.6) is 0 Å². The van der Waals surface area contributed by atoms with Gasteiger partial charge >= 0.3 is 0 Å². The third-order valence-electron chi connectivity index (χ3n) is 4.73. The molecule has 3 N–H and O–H groups in total. The van der Waals surface area contributed by atoms with Crippen molar-refractivity contribution in [2.75, 3.05) is 26.8 Å². The molecule has 0 spiro atoms. The molecule has 0 aromatic rings. The van der Waals surface area contributed by atoms with Gasteiger partial charge in [-0.1, -0.05) is 6.42 Å². The van der Waals surface area contributed by atoms with Crippen molar-refractivity contribution in [3.05, 3.63) is 0 Å². The van der Waals surface area contributed by atoms with Gasteiger partial charge in [0.1, 0.15) is 0 Å². The highest BCUT2D eigenvalue weighted by Crippen LogP contribution is 2.48. The fourth-order valence-corrected chi connectivity index (χ4v) is 3.08. The average Bonchev–Trinajstić information content (AvgIpc) is 2.99. The van der Waals surface area contributed by atoms with Gasteiger partial charge in [-0.3, -0.25) is 4.79 Å². The molecule has 0 saturated heterocycles. The van der Waals surface area contributed by atoms with E-state index in [9.17, 15) is 4.79 Å². The molecule has 0 radical (unpaired) electrons. The molecule has 1 amide bonds. The summed E-state index contributed by atoms with van der Waals surface area (Å²) in [5, 5.41) is 3.15. The van der Waals surface area contributed by atoms with Gasteiger partial charge in [-0.25, -0.2) is 0 Å². The Morgan fingerprint density at radius 1 is 1.44 bits per heavy atom. The van der Waals surface area contributed by atoms with Crippen LogP contribution < -0.4 is 11.1 Å². The van der Waals surface area contributed by atoms with Gasteiger partial charge in [0.2, 0.25) is 5.91 Å². The lowest BCUT2D eigenvalue weighted by Crippen LogP contribution is -2.38. The molecule has 2 atom stereocenters. The van der Waals surface area contributed by atoms with Crippen LogP contribution in [0.4, 0.5) is 0 Å². The van der Waals surface area contributed by atoms with Gasteiger partial charge in [-0.2, -0.15) is 0 Å². The van der Waals surface area contributed by atoms with Gasteiger partial charge in [-0.15, -0.1) is 0 Å². The zero-order chi connectivity index (χ0) is 13.0. The van der Waals surface area contributed by atoms with Crippen LogP contribution in [0.2, 0.25) is 0 Å². The normalized spacial score (nSPS) is 29.2. The van der Waals surface area contributed by atoms with E-state index in [-0.39, 0.29) is 11.8 Å². The number of carbonyl (C=O) groups is 1. The maximum absolute atomic E-state index is 12.2. The van der Waals surface area contributed by atoms with E-state index in [1.54, 1.807) is 7.11 Å². The Morgan fingerprint density at radius 3 is 2.83 bits per heavy atom. The van der Waals surface area contributed by atoms with Crippen LogP contribution in [0.25, 0.3) is 0 Å². The fourth-order valence-electron chi connectivity index (χ4n) is 3.08. The molecule has 2 saturated carbocycles. The van der Waals surface area contributed by atoms with Gasteiger partial charge in [0.05, 0.1) is 0 Å². The molecule has 2 aliphatic rings. The van der Waals surface area contributed by atoms with Crippen molar-refractivity contribution in [2.45, 2.75) is 38.5 Å². The van der Waals surface area contributed by atoms with E-state index in [0.29, 0.717) is 17.9 Å². The second-order valence-corrected chi connectivity index (χ2v) is 5.99. The Balaban J connectivity index is 1.74. The second-order valence-electron chi connectivity index (χ2n) is 5.99. The lowest BCUT2D eigenvalue weighted by molar-refractivity contribution is -0.126. The van der Waals surface area contributed by atoms with Crippen LogP contribution in [0.15, 0.2) is 0 Å². The van der Waals surface area contributed by atoms with E-state index in [4.69, 9.17) is 10.5 Å². The molecule has 2 aliphatic carbocycles. The Morgan fingerprint density at radius 2 is 2.22 bits per heavy atom. The van der Waals surface area contributed by atoms with Crippen molar-refractivity contribution in [1.82, 2.24) is 5.32 Å². The minimum Gasteiger partial charge on any atom is -0.385 e. The fraction of sp³-hybridized carbons (Fsp3) is 0.929. The molecule has 2 rings (SSSR count). The van der Waals surface area contributed by atoms with Crippen LogP contribution in [0, 0.1) is 17.3 Å². The number of carbonyl (C=O) groups excluding carboxylic acids is 1. The summed E-state index contributed by atoms with van der Waals surface area (Å²) in [6.45, 7) is 2.26.